The molecule has 0 saturated heterocycles. The predicted molar refractivity (Wildman–Crippen MR) is 78.3 cm³/mol. The maximum Gasteiger partial charge on any atom is 0.408 e. The Morgan fingerprint density at radius 1 is 1.53 bits per heavy atom. The number of carbonyl (C=O) groups is 1. The highest BCUT2D eigenvalue weighted by Crippen LogP contribution is 2.27. The quantitative estimate of drug-likeness (QED) is 0.874. The van der Waals surface area contributed by atoms with E-state index in [-0.39, 0.29) is 6.61 Å². The van der Waals surface area contributed by atoms with Gasteiger partial charge in [0.2, 0.25) is 0 Å². The van der Waals surface area contributed by atoms with Gasteiger partial charge in [0.15, 0.2) is 6.10 Å². The topological polar surface area (TPSA) is 58.6 Å². The van der Waals surface area contributed by atoms with E-state index in [1.54, 1.807) is 18.2 Å². The maximum atomic E-state index is 11.7. The summed E-state index contributed by atoms with van der Waals surface area (Å²) in [5, 5.41) is 12.6. The van der Waals surface area contributed by atoms with Gasteiger partial charge in [-0.1, -0.05) is 17.7 Å². The third kappa shape index (κ3) is 5.38. The van der Waals surface area contributed by atoms with Gasteiger partial charge in [0.1, 0.15) is 0 Å². The van der Waals surface area contributed by atoms with Crippen LogP contribution < -0.4 is 5.32 Å². The molecule has 1 rings (SSSR count). The third-order valence-corrected chi connectivity index (χ3v) is 3.42. The lowest BCUT2D eigenvalue weighted by Crippen LogP contribution is -2.41. The Morgan fingerprint density at radius 2 is 2.16 bits per heavy atom. The largest absolute Gasteiger partial charge is 0.439 e. The highest BCUT2D eigenvalue weighted by Gasteiger charge is 2.20. The van der Waals surface area contributed by atoms with Crippen molar-refractivity contribution in [1.29, 1.82) is 0 Å². The summed E-state index contributed by atoms with van der Waals surface area (Å²) in [5.74, 6) is 0. The van der Waals surface area contributed by atoms with E-state index < -0.39 is 17.7 Å². The fourth-order valence-corrected chi connectivity index (χ4v) is 1.90. The van der Waals surface area contributed by atoms with Gasteiger partial charge < -0.3 is 15.2 Å². The van der Waals surface area contributed by atoms with Gasteiger partial charge in [-0.3, -0.25) is 0 Å². The molecule has 1 atom stereocenters. The second-order valence-electron chi connectivity index (χ2n) is 5.13. The van der Waals surface area contributed by atoms with Crippen molar-refractivity contribution in [3.63, 3.8) is 0 Å². The van der Waals surface area contributed by atoms with Gasteiger partial charge in [-0.2, -0.15) is 0 Å². The zero-order chi connectivity index (χ0) is 14.6. The average molecular weight is 351 g/mol. The van der Waals surface area contributed by atoms with Crippen molar-refractivity contribution in [2.45, 2.75) is 32.4 Å². The van der Waals surface area contributed by atoms with E-state index in [4.69, 9.17) is 16.3 Å². The van der Waals surface area contributed by atoms with Crippen molar-refractivity contribution in [3.05, 3.63) is 33.3 Å². The van der Waals surface area contributed by atoms with E-state index in [2.05, 4.69) is 21.2 Å². The van der Waals surface area contributed by atoms with Crippen LogP contribution in [0.4, 0.5) is 4.79 Å². The summed E-state index contributed by atoms with van der Waals surface area (Å²) in [6, 6.07) is 5.10. The van der Waals surface area contributed by atoms with Crippen LogP contribution in [0.2, 0.25) is 5.02 Å². The van der Waals surface area contributed by atoms with Crippen LogP contribution in [-0.2, 0) is 4.74 Å². The van der Waals surface area contributed by atoms with Gasteiger partial charge in [-0.05, 0) is 54.4 Å². The minimum Gasteiger partial charge on any atom is -0.439 e. The van der Waals surface area contributed by atoms with Gasteiger partial charge in [-0.25, -0.2) is 4.79 Å². The van der Waals surface area contributed by atoms with Crippen molar-refractivity contribution in [2.75, 3.05) is 6.61 Å². The standard InChI is InChI=1S/C13H17BrClNO3/c1-13(2,3)16-12(18)19-11(7-17)8-4-5-10(15)9(14)6-8/h4-6,11,17H,7H2,1-3H3,(H,16,18)/t11-/m1/s1. The molecule has 0 aliphatic carbocycles. The first kappa shape index (κ1) is 16.3. The minimum atomic E-state index is -0.726. The summed E-state index contributed by atoms with van der Waals surface area (Å²) in [6.45, 7) is 5.24. The van der Waals surface area contributed by atoms with Gasteiger partial charge in [0.05, 0.1) is 11.6 Å². The molecule has 0 spiro atoms. The highest BCUT2D eigenvalue weighted by atomic mass is 79.9. The first-order valence-electron chi connectivity index (χ1n) is 5.77. The van der Waals surface area contributed by atoms with E-state index >= 15 is 0 Å². The zero-order valence-electron chi connectivity index (χ0n) is 11.0. The summed E-state index contributed by atoms with van der Waals surface area (Å²) >= 11 is 9.18. The van der Waals surface area contributed by atoms with Crippen LogP contribution in [-0.4, -0.2) is 23.3 Å². The normalized spacial score (nSPS) is 12.9. The van der Waals surface area contributed by atoms with Gasteiger partial charge in [0.25, 0.3) is 0 Å². The van der Waals surface area contributed by atoms with E-state index in [9.17, 15) is 9.90 Å². The first-order chi connectivity index (χ1) is 8.73. The Morgan fingerprint density at radius 3 is 2.63 bits per heavy atom. The molecule has 106 valence electrons. The fourth-order valence-electron chi connectivity index (χ4n) is 1.39. The molecule has 0 aromatic heterocycles. The lowest BCUT2D eigenvalue weighted by atomic mass is 10.1. The zero-order valence-corrected chi connectivity index (χ0v) is 13.4. The van der Waals surface area contributed by atoms with Crippen molar-refractivity contribution in [3.8, 4) is 0 Å². The van der Waals surface area contributed by atoms with Crippen molar-refractivity contribution < 1.29 is 14.6 Å². The lowest BCUT2D eigenvalue weighted by Gasteiger charge is -2.23. The molecule has 0 unspecified atom stereocenters. The van der Waals surface area contributed by atoms with Crippen molar-refractivity contribution >= 4 is 33.6 Å². The molecule has 19 heavy (non-hydrogen) atoms. The van der Waals surface area contributed by atoms with Crippen molar-refractivity contribution in [1.82, 2.24) is 5.32 Å². The number of hydrogen-bond acceptors (Lipinski definition) is 3. The van der Waals surface area contributed by atoms with Gasteiger partial charge in [0, 0.05) is 10.0 Å². The van der Waals surface area contributed by atoms with E-state index in [0.29, 0.717) is 15.1 Å². The van der Waals surface area contributed by atoms with Gasteiger partial charge in [-0.15, -0.1) is 0 Å². The van der Waals surface area contributed by atoms with Crippen LogP contribution in [0, 0.1) is 0 Å². The first-order valence-corrected chi connectivity index (χ1v) is 6.94. The van der Waals surface area contributed by atoms with E-state index in [0.717, 1.165) is 0 Å². The third-order valence-electron chi connectivity index (χ3n) is 2.21. The van der Waals surface area contributed by atoms with E-state index in [1.165, 1.54) is 0 Å². The highest BCUT2D eigenvalue weighted by molar-refractivity contribution is 9.10. The number of rotatable bonds is 3. The number of alkyl carbamates (subject to hydrolysis) is 1. The number of hydrogen-bond donors (Lipinski definition) is 2. The fraction of sp³-hybridized carbons (Fsp3) is 0.462. The monoisotopic (exact) mass is 349 g/mol. The Bertz CT molecular complexity index is 460. The molecule has 6 heteroatoms. The molecule has 4 nitrogen and oxygen atoms in total. The number of nitrogens with one attached hydrogen (secondary N) is 1. The molecule has 0 radical (unpaired) electrons. The molecule has 0 fully saturated rings. The lowest BCUT2D eigenvalue weighted by molar-refractivity contribution is 0.0529. The number of aliphatic hydroxyl groups excluding tert-OH is 1. The molecule has 0 heterocycles. The molecular formula is C13H17BrClNO3. The molecular weight excluding hydrogens is 334 g/mol. The summed E-state index contributed by atoms with van der Waals surface area (Å²) < 4.78 is 5.88. The SMILES string of the molecule is CC(C)(C)NC(=O)O[C@H](CO)c1ccc(Cl)c(Br)c1. The molecule has 0 aliphatic rings. The van der Waals surface area contributed by atoms with Crippen LogP contribution in [0.15, 0.2) is 22.7 Å². The second-order valence-corrected chi connectivity index (χ2v) is 6.39. The summed E-state index contributed by atoms with van der Waals surface area (Å²) in [5.41, 5.74) is 0.278. The van der Waals surface area contributed by atoms with E-state index in [1.807, 2.05) is 20.8 Å². The van der Waals surface area contributed by atoms with Crippen LogP contribution in [0.5, 0.6) is 0 Å². The Labute approximate surface area is 126 Å². The number of benzene rings is 1. The smallest absolute Gasteiger partial charge is 0.408 e. The van der Waals surface area contributed by atoms with Gasteiger partial charge >= 0.3 is 6.09 Å². The molecule has 2 N–H and O–H groups in total. The number of amides is 1. The number of carbonyl (C=O) groups excluding carboxylic acids is 1. The number of halogens is 2. The number of aliphatic hydroxyl groups is 1. The van der Waals surface area contributed by atoms with Crippen LogP contribution >= 0.6 is 27.5 Å². The molecule has 1 aromatic carbocycles. The molecule has 1 amide bonds. The molecule has 0 aliphatic heterocycles. The summed E-state index contributed by atoms with van der Waals surface area (Å²) in [4.78, 5) is 11.7. The Hall–Kier alpha value is -0.780. The van der Waals surface area contributed by atoms with Crippen LogP contribution in [0.25, 0.3) is 0 Å². The predicted octanol–water partition coefficient (Wildman–Crippen LogP) is 3.66. The average Bonchev–Trinajstić information content (AvgIpc) is 2.27. The summed E-state index contributed by atoms with van der Waals surface area (Å²) in [7, 11) is 0. The molecule has 0 saturated carbocycles. The molecule has 1 aromatic rings. The Balaban J connectivity index is 2.78. The van der Waals surface area contributed by atoms with Crippen molar-refractivity contribution in [2.24, 2.45) is 0 Å². The second kappa shape index (κ2) is 6.59. The van der Waals surface area contributed by atoms with Crippen LogP contribution in [0.1, 0.15) is 32.4 Å². The molecule has 0 bridgehead atoms. The minimum absolute atomic E-state index is 0.300. The van der Waals surface area contributed by atoms with Crippen LogP contribution in [0.3, 0.4) is 0 Å². The maximum absolute atomic E-state index is 11.7. The summed E-state index contributed by atoms with van der Waals surface area (Å²) in [6.07, 6.45) is -1.30. The Kier molecular flexibility index (Phi) is 5.64. The number of ether oxygens (including phenoxy) is 1.